The van der Waals surface area contributed by atoms with Crippen LogP contribution in [0.3, 0.4) is 0 Å². The first-order chi connectivity index (χ1) is 18.6. The van der Waals surface area contributed by atoms with Gasteiger partial charge >= 0.3 is 5.97 Å². The van der Waals surface area contributed by atoms with E-state index in [1.54, 1.807) is 7.11 Å². The first kappa shape index (κ1) is 28.2. The molecule has 38 heavy (non-hydrogen) atoms. The van der Waals surface area contributed by atoms with Gasteiger partial charge in [-0.3, -0.25) is 0 Å². The molecule has 0 aliphatic heterocycles. The monoisotopic (exact) mass is 516 g/mol. The number of methoxy groups -OCH3 is 1. The quantitative estimate of drug-likeness (QED) is 0.0889. The number of carbonyl (C=O) groups excluding carboxylic acids is 1. The van der Waals surface area contributed by atoms with Crippen molar-refractivity contribution in [3.63, 3.8) is 0 Å². The summed E-state index contributed by atoms with van der Waals surface area (Å²) in [6.45, 7) is 7.25. The zero-order chi connectivity index (χ0) is 27.0. The van der Waals surface area contributed by atoms with Crippen LogP contribution in [0.25, 0.3) is 0 Å². The molecule has 3 aromatic carbocycles. The second-order valence-electron chi connectivity index (χ2n) is 8.13. The van der Waals surface area contributed by atoms with Crippen molar-refractivity contribution < 1.29 is 23.7 Å². The van der Waals surface area contributed by atoms with E-state index in [9.17, 15) is 4.79 Å². The lowest BCUT2D eigenvalue weighted by atomic mass is 10.2. The Morgan fingerprint density at radius 2 is 1.29 bits per heavy atom. The molecule has 0 aromatic heterocycles. The molecule has 0 N–H and O–H groups in total. The Balaban J connectivity index is 1.46. The number of ether oxygens (including phenoxy) is 4. The van der Waals surface area contributed by atoms with Crippen molar-refractivity contribution in [3.8, 4) is 11.5 Å². The van der Waals surface area contributed by atoms with Crippen molar-refractivity contribution in [2.45, 2.75) is 19.8 Å². The van der Waals surface area contributed by atoms with Crippen molar-refractivity contribution in [3.05, 3.63) is 84.9 Å². The van der Waals surface area contributed by atoms with Gasteiger partial charge in [0.25, 0.3) is 0 Å². The van der Waals surface area contributed by atoms with Gasteiger partial charge < -0.3 is 18.9 Å². The molecule has 0 fully saturated rings. The predicted molar refractivity (Wildman–Crippen MR) is 146 cm³/mol. The molecule has 0 bridgehead atoms. The van der Waals surface area contributed by atoms with Crippen LogP contribution < -0.4 is 9.47 Å². The third kappa shape index (κ3) is 9.94. The summed E-state index contributed by atoms with van der Waals surface area (Å²) in [7, 11) is 1.64. The standard InChI is InChI=1S/C29H32N4O5/c1-4-29(34)38-18-6-5-17-36-27-15-16-28(22(2)21-27)33-32-24-9-7-23(8-10-24)30-31-25-11-13-26(14-12-25)37-20-19-35-3/h4,7-16,21H,1,5-6,17-20H2,2-3H3. The number of hydrogen-bond donors (Lipinski definition) is 0. The average molecular weight is 517 g/mol. The number of rotatable bonds is 15. The number of esters is 1. The van der Waals surface area contributed by atoms with Gasteiger partial charge in [0.1, 0.15) is 18.1 Å². The third-order valence-electron chi connectivity index (χ3n) is 5.18. The molecule has 0 aliphatic rings. The Kier molecular flexibility index (Phi) is 11.6. The highest BCUT2D eigenvalue weighted by Crippen LogP contribution is 2.27. The lowest BCUT2D eigenvalue weighted by molar-refractivity contribution is -0.137. The third-order valence-corrected chi connectivity index (χ3v) is 5.18. The zero-order valence-corrected chi connectivity index (χ0v) is 21.7. The number of hydrogen-bond acceptors (Lipinski definition) is 9. The van der Waals surface area contributed by atoms with Gasteiger partial charge in [-0.25, -0.2) is 4.79 Å². The lowest BCUT2D eigenvalue weighted by Crippen LogP contribution is -2.04. The van der Waals surface area contributed by atoms with Crippen molar-refractivity contribution >= 4 is 28.7 Å². The second kappa shape index (κ2) is 15.7. The van der Waals surface area contributed by atoms with Gasteiger partial charge in [0.05, 0.1) is 42.6 Å². The van der Waals surface area contributed by atoms with Gasteiger partial charge in [-0.15, -0.1) is 0 Å². The minimum atomic E-state index is -0.407. The van der Waals surface area contributed by atoms with Crippen LogP contribution in [0.1, 0.15) is 18.4 Å². The van der Waals surface area contributed by atoms with E-state index in [2.05, 4.69) is 27.0 Å². The molecule has 0 unspecified atom stereocenters. The summed E-state index contributed by atoms with van der Waals surface area (Å²) in [5.74, 6) is 1.11. The molecule has 0 saturated carbocycles. The Labute approximate surface area is 222 Å². The molecule has 3 rings (SSSR count). The topological polar surface area (TPSA) is 103 Å². The van der Waals surface area contributed by atoms with Crippen molar-refractivity contribution in [1.82, 2.24) is 0 Å². The number of nitrogens with zero attached hydrogens (tertiary/aromatic N) is 4. The summed E-state index contributed by atoms with van der Waals surface area (Å²) < 4.78 is 21.2. The molecule has 0 amide bonds. The minimum Gasteiger partial charge on any atom is -0.494 e. The molecule has 0 saturated heterocycles. The Morgan fingerprint density at radius 1 is 0.737 bits per heavy atom. The number of unbranched alkanes of at least 4 members (excludes halogenated alkanes) is 1. The Morgan fingerprint density at radius 3 is 1.89 bits per heavy atom. The highest BCUT2D eigenvalue weighted by atomic mass is 16.5. The van der Waals surface area contributed by atoms with Crippen LogP contribution in [0.4, 0.5) is 22.7 Å². The van der Waals surface area contributed by atoms with Gasteiger partial charge in [0, 0.05) is 13.2 Å². The SMILES string of the molecule is C=CC(=O)OCCCCOc1ccc(N=Nc2ccc(N=Nc3ccc(OCCOC)cc3)cc2)c(C)c1. The van der Waals surface area contributed by atoms with E-state index >= 15 is 0 Å². The fraction of sp³-hybridized carbons (Fsp3) is 0.276. The smallest absolute Gasteiger partial charge is 0.330 e. The summed E-state index contributed by atoms with van der Waals surface area (Å²) in [6.07, 6.45) is 2.66. The predicted octanol–water partition coefficient (Wildman–Crippen LogP) is 7.74. The lowest BCUT2D eigenvalue weighted by Gasteiger charge is -2.08. The fourth-order valence-electron chi connectivity index (χ4n) is 3.12. The summed E-state index contributed by atoms with van der Waals surface area (Å²) in [5.41, 5.74) is 3.85. The van der Waals surface area contributed by atoms with Crippen LogP contribution >= 0.6 is 0 Å². The summed E-state index contributed by atoms with van der Waals surface area (Å²) in [4.78, 5) is 11.0. The van der Waals surface area contributed by atoms with Crippen LogP contribution in [0.2, 0.25) is 0 Å². The second-order valence-corrected chi connectivity index (χ2v) is 8.13. The van der Waals surface area contributed by atoms with E-state index in [0.717, 1.165) is 47.4 Å². The van der Waals surface area contributed by atoms with E-state index in [0.29, 0.717) is 37.8 Å². The van der Waals surface area contributed by atoms with E-state index in [4.69, 9.17) is 18.9 Å². The highest BCUT2D eigenvalue weighted by molar-refractivity contribution is 5.81. The number of aryl methyl sites for hydroxylation is 1. The van der Waals surface area contributed by atoms with Crippen molar-refractivity contribution in [2.24, 2.45) is 20.5 Å². The number of azo groups is 2. The molecule has 0 atom stereocenters. The Bertz CT molecular complexity index is 1220. The first-order valence-electron chi connectivity index (χ1n) is 12.3. The highest BCUT2D eigenvalue weighted by Gasteiger charge is 2.02. The molecule has 0 heterocycles. The normalized spacial score (nSPS) is 11.1. The Hall–Kier alpha value is -4.37. The van der Waals surface area contributed by atoms with Crippen LogP contribution in [-0.4, -0.2) is 39.5 Å². The molecular weight excluding hydrogens is 484 g/mol. The van der Waals surface area contributed by atoms with Crippen LogP contribution in [-0.2, 0) is 14.3 Å². The maximum atomic E-state index is 11.0. The van der Waals surface area contributed by atoms with Gasteiger partial charge in [-0.2, -0.15) is 20.5 Å². The van der Waals surface area contributed by atoms with Crippen LogP contribution in [0, 0.1) is 6.92 Å². The van der Waals surface area contributed by atoms with E-state index in [-0.39, 0.29) is 0 Å². The zero-order valence-electron chi connectivity index (χ0n) is 21.7. The summed E-state index contributed by atoms with van der Waals surface area (Å²) in [6, 6.07) is 20.4. The van der Waals surface area contributed by atoms with Gasteiger partial charge in [-0.05, 0) is 92.1 Å². The van der Waals surface area contributed by atoms with Gasteiger partial charge in [0.15, 0.2) is 0 Å². The number of benzene rings is 3. The average Bonchev–Trinajstić information content (AvgIpc) is 2.94. The molecule has 198 valence electrons. The summed E-state index contributed by atoms with van der Waals surface area (Å²) >= 11 is 0. The molecule has 9 nitrogen and oxygen atoms in total. The van der Waals surface area contributed by atoms with E-state index < -0.39 is 5.97 Å². The fourth-order valence-corrected chi connectivity index (χ4v) is 3.12. The summed E-state index contributed by atoms with van der Waals surface area (Å²) in [5, 5.41) is 17.2. The molecule has 0 radical (unpaired) electrons. The molecule has 0 aliphatic carbocycles. The minimum absolute atomic E-state index is 0.357. The largest absolute Gasteiger partial charge is 0.494 e. The van der Waals surface area contributed by atoms with Gasteiger partial charge in [0.2, 0.25) is 0 Å². The van der Waals surface area contributed by atoms with Crippen molar-refractivity contribution in [2.75, 3.05) is 33.5 Å². The van der Waals surface area contributed by atoms with Crippen LogP contribution in [0.15, 0.2) is 99.8 Å². The molecular formula is C29H32N4O5. The van der Waals surface area contributed by atoms with Crippen molar-refractivity contribution in [1.29, 1.82) is 0 Å². The number of carbonyl (C=O) groups is 1. The van der Waals surface area contributed by atoms with Crippen LogP contribution in [0.5, 0.6) is 11.5 Å². The van der Waals surface area contributed by atoms with E-state index in [1.165, 1.54) is 0 Å². The van der Waals surface area contributed by atoms with E-state index in [1.807, 2.05) is 73.7 Å². The molecule has 0 spiro atoms. The first-order valence-corrected chi connectivity index (χ1v) is 12.3. The maximum absolute atomic E-state index is 11.0. The molecule has 9 heteroatoms. The molecule has 3 aromatic rings. The maximum Gasteiger partial charge on any atom is 0.330 e. The van der Waals surface area contributed by atoms with Gasteiger partial charge in [-0.1, -0.05) is 6.58 Å².